The molecule has 1 aromatic heterocycles. The van der Waals surface area contributed by atoms with Crippen LogP contribution in [0.15, 0.2) is 33.6 Å². The van der Waals surface area contributed by atoms with Gasteiger partial charge in [0.2, 0.25) is 0 Å². The molecule has 0 aromatic carbocycles. The van der Waals surface area contributed by atoms with Crippen molar-refractivity contribution in [3.05, 3.63) is 28.4 Å². The van der Waals surface area contributed by atoms with Crippen LogP contribution in [0.2, 0.25) is 0 Å². The van der Waals surface area contributed by atoms with Gasteiger partial charge in [0, 0.05) is 31.1 Å². The fourth-order valence-corrected chi connectivity index (χ4v) is 3.50. The molecule has 6 nitrogen and oxygen atoms in total. The van der Waals surface area contributed by atoms with Crippen molar-refractivity contribution in [2.24, 2.45) is 10.2 Å². The highest BCUT2D eigenvalue weighted by Crippen LogP contribution is 2.40. The average molecular weight is 308 g/mol. The van der Waals surface area contributed by atoms with E-state index >= 15 is 0 Å². The van der Waals surface area contributed by atoms with Gasteiger partial charge in [-0.25, -0.2) is 4.98 Å². The monoisotopic (exact) mass is 308 g/mol. The van der Waals surface area contributed by atoms with Gasteiger partial charge in [0.05, 0.1) is 4.92 Å². The summed E-state index contributed by atoms with van der Waals surface area (Å²) in [5, 5.41) is 19.4. The van der Waals surface area contributed by atoms with E-state index in [4.69, 9.17) is 6.42 Å². The Morgan fingerprint density at radius 1 is 1.40 bits per heavy atom. The fraction of sp³-hybridized carbons (Fsp3) is 0.417. The number of pyridine rings is 1. The van der Waals surface area contributed by atoms with Crippen molar-refractivity contribution in [2.75, 3.05) is 5.75 Å². The Kier molecular flexibility index (Phi) is 4.98. The first kappa shape index (κ1) is 14.8. The molecular formula is C12H12N4O2S2. The van der Waals surface area contributed by atoms with Gasteiger partial charge >= 0.3 is 0 Å². The molecule has 20 heavy (non-hydrogen) atoms. The lowest BCUT2D eigenvalue weighted by Gasteiger charge is -2.07. The van der Waals surface area contributed by atoms with Crippen molar-refractivity contribution in [1.29, 1.82) is 0 Å². The summed E-state index contributed by atoms with van der Waals surface area (Å²) in [5.74, 6) is 3.47. The quantitative estimate of drug-likeness (QED) is 0.240. The van der Waals surface area contributed by atoms with Gasteiger partial charge in [-0.05, 0) is 16.9 Å². The third-order valence-corrected chi connectivity index (χ3v) is 4.98. The van der Waals surface area contributed by atoms with Gasteiger partial charge in [-0.1, -0.05) is 10.8 Å². The molecule has 2 rings (SSSR count). The molecule has 0 radical (unpaired) electrons. The van der Waals surface area contributed by atoms with E-state index in [1.54, 1.807) is 16.9 Å². The molecule has 8 heteroatoms. The smallest absolute Gasteiger partial charge is 0.258 e. The van der Waals surface area contributed by atoms with Crippen molar-refractivity contribution in [2.45, 2.75) is 30.0 Å². The van der Waals surface area contributed by atoms with E-state index in [9.17, 15) is 10.1 Å². The standard InChI is InChI=1S/C12H12N4O2S2/c1-2-3-6-12(14-15-12)7-8-19-20-11-5-4-10(9-13-11)16(17)18/h1,4-5,9H,3,6-8H2. The van der Waals surface area contributed by atoms with Crippen molar-refractivity contribution in [1.82, 2.24) is 4.98 Å². The Labute approximate surface area is 124 Å². The Morgan fingerprint density at radius 3 is 2.75 bits per heavy atom. The molecule has 0 saturated heterocycles. The summed E-state index contributed by atoms with van der Waals surface area (Å²) >= 11 is 0. The molecule has 0 amide bonds. The molecule has 1 aromatic rings. The lowest BCUT2D eigenvalue weighted by Crippen LogP contribution is -2.11. The van der Waals surface area contributed by atoms with Crippen LogP contribution in [-0.4, -0.2) is 21.3 Å². The Morgan fingerprint density at radius 2 is 2.20 bits per heavy atom. The van der Waals surface area contributed by atoms with E-state index in [2.05, 4.69) is 21.1 Å². The zero-order valence-electron chi connectivity index (χ0n) is 10.6. The number of nitrogens with zero attached hydrogens (tertiary/aromatic N) is 4. The van der Waals surface area contributed by atoms with E-state index in [1.165, 1.54) is 23.1 Å². The molecule has 0 unspecified atom stereocenters. The van der Waals surface area contributed by atoms with Gasteiger partial charge in [-0.2, -0.15) is 10.2 Å². The maximum atomic E-state index is 10.5. The third kappa shape index (κ3) is 4.21. The van der Waals surface area contributed by atoms with Crippen LogP contribution in [0.4, 0.5) is 5.69 Å². The highest BCUT2D eigenvalue weighted by atomic mass is 33.1. The van der Waals surface area contributed by atoms with Crippen molar-refractivity contribution in [3.8, 4) is 12.3 Å². The van der Waals surface area contributed by atoms with Crippen LogP contribution in [-0.2, 0) is 0 Å². The zero-order valence-corrected chi connectivity index (χ0v) is 12.2. The minimum atomic E-state index is -0.458. The number of aromatic nitrogens is 1. The van der Waals surface area contributed by atoms with Gasteiger partial charge in [-0.15, -0.1) is 12.3 Å². The van der Waals surface area contributed by atoms with Crippen LogP contribution in [0.25, 0.3) is 0 Å². The second-order valence-electron chi connectivity index (χ2n) is 4.15. The molecule has 0 fully saturated rings. The van der Waals surface area contributed by atoms with Crippen LogP contribution in [0.1, 0.15) is 19.3 Å². The van der Waals surface area contributed by atoms with Gasteiger partial charge < -0.3 is 0 Å². The van der Waals surface area contributed by atoms with Gasteiger partial charge in [0.1, 0.15) is 11.2 Å². The van der Waals surface area contributed by atoms with Crippen LogP contribution in [0.3, 0.4) is 0 Å². The first-order valence-electron chi connectivity index (χ1n) is 5.93. The van der Waals surface area contributed by atoms with E-state index in [0.29, 0.717) is 6.42 Å². The normalized spacial score (nSPS) is 14.8. The molecule has 0 atom stereocenters. The average Bonchev–Trinajstić information content (AvgIpc) is 3.22. The topological polar surface area (TPSA) is 80.8 Å². The van der Waals surface area contributed by atoms with Crippen LogP contribution in [0.5, 0.6) is 0 Å². The molecule has 0 saturated carbocycles. The zero-order chi connectivity index (χ0) is 14.4. The van der Waals surface area contributed by atoms with Crippen LogP contribution in [0, 0.1) is 22.5 Å². The first-order valence-corrected chi connectivity index (χ1v) is 8.24. The number of nitro groups is 1. The first-order chi connectivity index (χ1) is 9.65. The van der Waals surface area contributed by atoms with Crippen molar-refractivity contribution >= 4 is 27.3 Å². The van der Waals surface area contributed by atoms with Crippen LogP contribution >= 0.6 is 21.6 Å². The van der Waals surface area contributed by atoms with E-state index in [-0.39, 0.29) is 11.4 Å². The lowest BCUT2D eigenvalue weighted by atomic mass is 10.1. The van der Waals surface area contributed by atoms with E-state index in [0.717, 1.165) is 23.6 Å². The minimum absolute atomic E-state index is 0.00293. The summed E-state index contributed by atoms with van der Waals surface area (Å²) in [4.78, 5) is 14.1. The molecule has 104 valence electrons. The largest absolute Gasteiger partial charge is 0.287 e. The molecule has 0 N–H and O–H groups in total. The summed E-state index contributed by atoms with van der Waals surface area (Å²) in [6.45, 7) is 0. The summed E-state index contributed by atoms with van der Waals surface area (Å²) in [5.41, 5.74) is -0.244. The molecule has 1 aliphatic heterocycles. The van der Waals surface area contributed by atoms with E-state index in [1.807, 2.05) is 0 Å². The predicted octanol–water partition coefficient (Wildman–Crippen LogP) is 3.70. The number of terminal acetylenes is 1. The Hall–Kier alpha value is -1.59. The SMILES string of the molecule is C#CCCC1(CCSSc2ccc([N+](=O)[O-])cn2)N=N1. The minimum Gasteiger partial charge on any atom is -0.258 e. The fourth-order valence-electron chi connectivity index (χ4n) is 1.51. The highest BCUT2D eigenvalue weighted by molar-refractivity contribution is 8.76. The van der Waals surface area contributed by atoms with E-state index < -0.39 is 4.92 Å². The third-order valence-electron chi connectivity index (χ3n) is 2.71. The summed E-state index contributed by atoms with van der Waals surface area (Å²) in [6.07, 6.45) is 8.86. The van der Waals surface area contributed by atoms with Crippen LogP contribution < -0.4 is 0 Å². The predicted molar refractivity (Wildman–Crippen MR) is 79.5 cm³/mol. The molecule has 1 aliphatic rings. The van der Waals surface area contributed by atoms with Gasteiger partial charge in [0.25, 0.3) is 5.69 Å². The summed E-state index contributed by atoms with van der Waals surface area (Å²) in [6, 6.07) is 3.10. The molecule has 2 heterocycles. The van der Waals surface area contributed by atoms with Gasteiger partial charge in [0.15, 0.2) is 5.66 Å². The molecule has 0 bridgehead atoms. The maximum absolute atomic E-state index is 10.5. The Balaban J connectivity index is 1.69. The summed E-state index contributed by atoms with van der Waals surface area (Å²) < 4.78 is 0. The molecule has 0 spiro atoms. The Bertz CT molecular complexity index is 548. The van der Waals surface area contributed by atoms with Crippen molar-refractivity contribution < 1.29 is 4.92 Å². The maximum Gasteiger partial charge on any atom is 0.287 e. The second kappa shape index (κ2) is 6.72. The number of hydrogen-bond acceptors (Lipinski definition) is 7. The molecular weight excluding hydrogens is 296 g/mol. The highest BCUT2D eigenvalue weighted by Gasteiger charge is 2.38. The number of hydrogen-bond donors (Lipinski definition) is 0. The van der Waals surface area contributed by atoms with Crippen molar-refractivity contribution in [3.63, 3.8) is 0 Å². The lowest BCUT2D eigenvalue weighted by molar-refractivity contribution is -0.385. The van der Waals surface area contributed by atoms with Gasteiger partial charge in [-0.3, -0.25) is 10.1 Å². The second-order valence-corrected chi connectivity index (χ2v) is 6.59. The summed E-state index contributed by atoms with van der Waals surface area (Å²) in [7, 11) is 3.13. The number of rotatable bonds is 8. The molecule has 0 aliphatic carbocycles.